The lowest BCUT2D eigenvalue weighted by atomic mass is 10.1. The second-order valence-electron chi connectivity index (χ2n) is 8.16. The molecule has 0 fully saturated rings. The summed E-state index contributed by atoms with van der Waals surface area (Å²) in [6.45, 7) is 3.81. The molecule has 31 heavy (non-hydrogen) atoms. The van der Waals surface area contributed by atoms with Crippen LogP contribution in [0, 0.1) is 5.82 Å². The number of nitrogens with zero attached hydrogens (tertiary/aromatic N) is 2. The number of hydrogen-bond acceptors (Lipinski definition) is 2. The van der Waals surface area contributed by atoms with Crippen LogP contribution in [0.3, 0.4) is 0 Å². The fraction of sp³-hybridized carbons (Fsp3) is 0.462. The van der Waals surface area contributed by atoms with Gasteiger partial charge in [0.05, 0.1) is 11.0 Å². The molecule has 0 saturated heterocycles. The predicted molar refractivity (Wildman–Crippen MR) is 125 cm³/mol. The van der Waals surface area contributed by atoms with Crippen molar-refractivity contribution in [1.29, 1.82) is 0 Å². The van der Waals surface area contributed by atoms with E-state index in [1.807, 2.05) is 6.07 Å². The van der Waals surface area contributed by atoms with Crippen molar-refractivity contribution in [1.82, 2.24) is 14.9 Å². The lowest BCUT2D eigenvalue weighted by Crippen LogP contribution is -2.25. The first-order chi connectivity index (χ1) is 15.2. The largest absolute Gasteiger partial charge is 0.352 e. The molecule has 3 rings (SSSR count). The minimum absolute atomic E-state index is 0.170. The highest BCUT2D eigenvalue weighted by molar-refractivity contribution is 5.94. The van der Waals surface area contributed by atoms with Crippen LogP contribution in [0.4, 0.5) is 4.39 Å². The lowest BCUT2D eigenvalue weighted by Gasteiger charge is -2.10. The van der Waals surface area contributed by atoms with Gasteiger partial charge in [-0.3, -0.25) is 4.79 Å². The van der Waals surface area contributed by atoms with Crippen molar-refractivity contribution in [3.8, 4) is 0 Å². The molecule has 0 bridgehead atoms. The number of rotatable bonds is 13. The number of carbonyl (C=O) groups excluding carboxylic acids is 1. The number of hydrogen-bond donors (Lipinski definition) is 1. The average Bonchev–Trinajstić information content (AvgIpc) is 3.14. The van der Waals surface area contributed by atoms with Gasteiger partial charge in [0.25, 0.3) is 5.91 Å². The van der Waals surface area contributed by atoms with Gasteiger partial charge in [-0.05, 0) is 49.2 Å². The number of unbranched alkanes of at least 4 members (excludes halogenated alkanes) is 6. The number of fused-ring (bicyclic) bond motifs is 1. The van der Waals surface area contributed by atoms with Crippen molar-refractivity contribution in [2.75, 3.05) is 6.54 Å². The molecule has 1 aromatic heterocycles. The van der Waals surface area contributed by atoms with Crippen LogP contribution in [0.15, 0.2) is 48.5 Å². The van der Waals surface area contributed by atoms with E-state index in [-0.39, 0.29) is 11.7 Å². The molecule has 166 valence electrons. The maximum Gasteiger partial charge on any atom is 0.251 e. The van der Waals surface area contributed by atoms with Crippen molar-refractivity contribution in [2.45, 2.75) is 71.3 Å². The number of imidazole rings is 1. The molecule has 3 aromatic rings. The van der Waals surface area contributed by atoms with E-state index < -0.39 is 0 Å². The first-order valence-corrected chi connectivity index (χ1v) is 11.7. The molecule has 4 nitrogen and oxygen atoms in total. The molecule has 0 radical (unpaired) electrons. The fourth-order valence-corrected chi connectivity index (χ4v) is 3.94. The topological polar surface area (TPSA) is 46.9 Å². The summed E-state index contributed by atoms with van der Waals surface area (Å²) in [5.41, 5.74) is 2.71. The minimum Gasteiger partial charge on any atom is -0.352 e. The molecule has 1 heterocycles. The van der Waals surface area contributed by atoms with Crippen LogP contribution in [-0.2, 0) is 13.0 Å². The first kappa shape index (κ1) is 23.0. The quantitative estimate of drug-likeness (QED) is 0.329. The molecule has 5 heteroatoms. The van der Waals surface area contributed by atoms with Crippen molar-refractivity contribution in [3.05, 3.63) is 65.7 Å². The monoisotopic (exact) mass is 423 g/mol. The Kier molecular flexibility index (Phi) is 9.07. The van der Waals surface area contributed by atoms with Crippen molar-refractivity contribution < 1.29 is 9.18 Å². The summed E-state index contributed by atoms with van der Waals surface area (Å²) in [5.74, 6) is 0.580. The van der Waals surface area contributed by atoms with Crippen molar-refractivity contribution in [3.63, 3.8) is 0 Å². The van der Waals surface area contributed by atoms with E-state index in [1.54, 1.807) is 0 Å². The zero-order valence-corrected chi connectivity index (χ0v) is 18.6. The van der Waals surface area contributed by atoms with Gasteiger partial charge in [0.15, 0.2) is 0 Å². The number of amides is 1. The molecule has 0 aliphatic carbocycles. The van der Waals surface area contributed by atoms with E-state index >= 15 is 0 Å². The van der Waals surface area contributed by atoms with Crippen LogP contribution in [0.5, 0.6) is 0 Å². The van der Waals surface area contributed by atoms with Crippen LogP contribution >= 0.6 is 0 Å². The summed E-state index contributed by atoms with van der Waals surface area (Å²) in [5, 5.41) is 2.92. The van der Waals surface area contributed by atoms with E-state index in [4.69, 9.17) is 4.98 Å². The van der Waals surface area contributed by atoms with Crippen molar-refractivity contribution >= 4 is 16.9 Å². The highest BCUT2D eigenvalue weighted by atomic mass is 19.1. The van der Waals surface area contributed by atoms with E-state index in [2.05, 4.69) is 35.0 Å². The zero-order valence-electron chi connectivity index (χ0n) is 18.6. The third kappa shape index (κ3) is 6.91. The first-order valence-electron chi connectivity index (χ1n) is 11.7. The van der Waals surface area contributed by atoms with Gasteiger partial charge >= 0.3 is 0 Å². The Morgan fingerprint density at radius 2 is 1.65 bits per heavy atom. The molecule has 0 spiro atoms. The molecule has 0 aliphatic heterocycles. The second-order valence-corrected chi connectivity index (χ2v) is 8.16. The minimum atomic E-state index is -0.337. The summed E-state index contributed by atoms with van der Waals surface area (Å²) >= 11 is 0. The molecule has 2 aromatic carbocycles. The van der Waals surface area contributed by atoms with Crippen LogP contribution < -0.4 is 5.32 Å². The van der Waals surface area contributed by atoms with E-state index in [1.165, 1.54) is 74.7 Å². The van der Waals surface area contributed by atoms with Crippen LogP contribution in [0.1, 0.15) is 74.5 Å². The third-order valence-corrected chi connectivity index (χ3v) is 5.69. The van der Waals surface area contributed by atoms with Gasteiger partial charge in [-0.1, -0.05) is 57.6 Å². The van der Waals surface area contributed by atoms with Gasteiger partial charge < -0.3 is 9.88 Å². The normalized spacial score (nSPS) is 11.2. The summed E-state index contributed by atoms with van der Waals surface area (Å²) < 4.78 is 15.4. The lowest BCUT2D eigenvalue weighted by molar-refractivity contribution is 0.0953. The Balaban J connectivity index is 1.50. The third-order valence-electron chi connectivity index (χ3n) is 5.69. The molecule has 0 atom stereocenters. The molecule has 1 amide bonds. The number of benzene rings is 2. The highest BCUT2D eigenvalue weighted by Crippen LogP contribution is 2.19. The summed E-state index contributed by atoms with van der Waals surface area (Å²) in [4.78, 5) is 17.0. The van der Waals surface area contributed by atoms with E-state index in [9.17, 15) is 9.18 Å². The SMILES string of the molecule is CCCCCCCCCn1c(CCCNC(=O)c2ccc(F)cc2)nc2ccccc21. The summed E-state index contributed by atoms with van der Waals surface area (Å²) in [7, 11) is 0. The number of halogens is 1. The molecule has 0 saturated carbocycles. The number of aryl methyl sites for hydroxylation is 2. The zero-order chi connectivity index (χ0) is 21.9. The molecular weight excluding hydrogens is 389 g/mol. The average molecular weight is 424 g/mol. The summed E-state index contributed by atoms with van der Waals surface area (Å²) in [6, 6.07) is 13.9. The Bertz CT molecular complexity index is 949. The smallest absolute Gasteiger partial charge is 0.251 e. The van der Waals surface area contributed by atoms with Gasteiger partial charge in [-0.25, -0.2) is 9.37 Å². The maximum absolute atomic E-state index is 13.0. The van der Waals surface area contributed by atoms with Gasteiger partial charge in [-0.2, -0.15) is 0 Å². The number of para-hydroxylation sites is 2. The van der Waals surface area contributed by atoms with E-state index in [0.29, 0.717) is 12.1 Å². The van der Waals surface area contributed by atoms with Gasteiger partial charge in [-0.15, -0.1) is 0 Å². The number of carbonyl (C=O) groups is 1. The van der Waals surface area contributed by atoms with Crippen LogP contribution in [-0.4, -0.2) is 22.0 Å². The van der Waals surface area contributed by atoms with Gasteiger partial charge in [0.1, 0.15) is 11.6 Å². The second kappa shape index (κ2) is 12.2. The Morgan fingerprint density at radius 1 is 0.935 bits per heavy atom. The van der Waals surface area contributed by atoms with Gasteiger partial charge in [0, 0.05) is 25.1 Å². The Morgan fingerprint density at radius 3 is 2.42 bits per heavy atom. The molecule has 0 unspecified atom stereocenters. The predicted octanol–water partition coefficient (Wildman–Crippen LogP) is 6.29. The van der Waals surface area contributed by atoms with Crippen LogP contribution in [0.25, 0.3) is 11.0 Å². The van der Waals surface area contributed by atoms with E-state index in [0.717, 1.165) is 30.7 Å². The van der Waals surface area contributed by atoms with Gasteiger partial charge in [0.2, 0.25) is 0 Å². The van der Waals surface area contributed by atoms with Crippen LogP contribution in [0.2, 0.25) is 0 Å². The molecular formula is C26H34FN3O. The fourth-order valence-electron chi connectivity index (χ4n) is 3.94. The Hall–Kier alpha value is -2.69. The summed E-state index contributed by atoms with van der Waals surface area (Å²) in [6.07, 6.45) is 10.7. The maximum atomic E-state index is 13.0. The number of nitrogens with one attached hydrogen (secondary N) is 1. The number of aromatic nitrogens is 2. The highest BCUT2D eigenvalue weighted by Gasteiger charge is 2.11. The van der Waals surface area contributed by atoms with Crippen molar-refractivity contribution in [2.24, 2.45) is 0 Å². The standard InChI is InChI=1S/C26H34FN3O/c1-2-3-4-5-6-7-10-20-30-24-13-9-8-12-23(24)29-25(30)14-11-19-28-26(31)21-15-17-22(27)18-16-21/h8-9,12-13,15-18H,2-7,10-11,14,19-20H2,1H3,(H,28,31). The Labute approximate surface area is 184 Å². The molecule has 0 aliphatic rings. The molecule has 1 N–H and O–H groups in total.